The van der Waals surface area contributed by atoms with E-state index in [0.29, 0.717) is 0 Å². The summed E-state index contributed by atoms with van der Waals surface area (Å²) in [5.74, 6) is -1.39. The van der Waals surface area contributed by atoms with Crippen LogP contribution in [-0.4, -0.2) is 65.1 Å². The van der Waals surface area contributed by atoms with E-state index in [2.05, 4.69) is 5.32 Å². The van der Waals surface area contributed by atoms with Crippen LogP contribution in [-0.2, 0) is 4.79 Å². The minimum absolute atomic E-state index is 0.148. The van der Waals surface area contributed by atoms with Gasteiger partial charge in [0.2, 0.25) is 0 Å². The predicted molar refractivity (Wildman–Crippen MR) is 46.8 cm³/mol. The molecule has 1 atom stereocenters. The van der Waals surface area contributed by atoms with Gasteiger partial charge in [0, 0.05) is 13.6 Å². The molecule has 7 heteroatoms. The number of carbonyl (C=O) groups is 2. The van der Waals surface area contributed by atoms with Crippen LogP contribution in [0.2, 0.25) is 0 Å². The maximum Gasteiger partial charge on any atom is 0.334 e. The number of carboxylic acids is 1. The van der Waals surface area contributed by atoms with E-state index in [4.69, 9.17) is 15.3 Å². The molecule has 0 aliphatic heterocycles. The van der Waals surface area contributed by atoms with Crippen molar-refractivity contribution in [1.29, 1.82) is 0 Å². The molecule has 0 rings (SSSR count). The van der Waals surface area contributed by atoms with E-state index in [1.54, 1.807) is 0 Å². The molecule has 0 bridgehead atoms. The van der Waals surface area contributed by atoms with Crippen molar-refractivity contribution in [2.24, 2.45) is 0 Å². The summed E-state index contributed by atoms with van der Waals surface area (Å²) in [6, 6.07) is -0.542. The second-order valence-electron chi connectivity index (χ2n) is 2.69. The van der Waals surface area contributed by atoms with Gasteiger partial charge >= 0.3 is 12.0 Å². The Morgan fingerprint density at radius 3 is 2.50 bits per heavy atom. The molecule has 0 spiro atoms. The lowest BCUT2D eigenvalue weighted by Gasteiger charge is -2.17. The molecule has 0 fully saturated rings. The maximum atomic E-state index is 11.1. The fraction of sp³-hybridized carbons (Fsp3) is 0.714. The average Bonchev–Trinajstić information content (AvgIpc) is 2.13. The molecule has 0 aliphatic carbocycles. The Labute approximate surface area is 80.9 Å². The molecular weight excluding hydrogens is 192 g/mol. The normalized spacial score (nSPS) is 11.9. The summed E-state index contributed by atoms with van der Waals surface area (Å²) in [5.41, 5.74) is 0. The quantitative estimate of drug-likeness (QED) is 0.418. The monoisotopic (exact) mass is 206 g/mol. The fourth-order valence-corrected chi connectivity index (χ4v) is 0.658. The van der Waals surface area contributed by atoms with E-state index in [1.165, 1.54) is 11.9 Å². The Morgan fingerprint density at radius 2 is 2.07 bits per heavy atom. The fourth-order valence-electron chi connectivity index (χ4n) is 0.658. The first kappa shape index (κ1) is 12.7. The summed E-state index contributed by atoms with van der Waals surface area (Å²) in [6.07, 6.45) is -1.61. The number of aliphatic hydroxyl groups is 2. The van der Waals surface area contributed by atoms with Crippen LogP contribution >= 0.6 is 0 Å². The highest BCUT2D eigenvalue weighted by atomic mass is 16.4. The van der Waals surface area contributed by atoms with Gasteiger partial charge < -0.3 is 25.5 Å². The number of hydrogen-bond donors (Lipinski definition) is 4. The molecule has 0 unspecified atom stereocenters. The number of likely N-dealkylation sites (N-methyl/N-ethyl adjacent to an activating group) is 1. The van der Waals surface area contributed by atoms with Crippen molar-refractivity contribution < 1.29 is 24.9 Å². The Kier molecular flexibility index (Phi) is 5.58. The Morgan fingerprint density at radius 1 is 1.50 bits per heavy atom. The van der Waals surface area contributed by atoms with Crippen LogP contribution in [0, 0.1) is 0 Å². The molecule has 0 aromatic heterocycles. The Hall–Kier alpha value is -1.34. The van der Waals surface area contributed by atoms with Crippen LogP contribution in [0.4, 0.5) is 4.79 Å². The summed E-state index contributed by atoms with van der Waals surface area (Å²) >= 11 is 0. The van der Waals surface area contributed by atoms with Crippen LogP contribution in [0.5, 0.6) is 0 Å². The second kappa shape index (κ2) is 6.17. The molecule has 0 radical (unpaired) electrons. The third kappa shape index (κ3) is 4.63. The standard InChI is InChI=1S/C7H14N2O5/c1-9(2-3-10)7(14)8-4-5(11)6(12)13/h5,10-11H,2-4H2,1H3,(H,8,14)(H,12,13)/t5-/m0/s1. The summed E-state index contributed by atoms with van der Waals surface area (Å²) in [6.45, 7) is -0.385. The maximum absolute atomic E-state index is 11.1. The van der Waals surface area contributed by atoms with E-state index in [1.807, 2.05) is 0 Å². The molecule has 0 aromatic rings. The van der Waals surface area contributed by atoms with Gasteiger partial charge in [-0.3, -0.25) is 0 Å². The lowest BCUT2D eigenvalue weighted by molar-refractivity contribution is -0.146. The number of amides is 2. The first-order valence-corrected chi connectivity index (χ1v) is 3.99. The molecular formula is C7H14N2O5. The SMILES string of the molecule is CN(CCO)C(=O)NC[C@H](O)C(=O)O. The number of hydrogen-bond acceptors (Lipinski definition) is 4. The van der Waals surface area contributed by atoms with Crippen molar-refractivity contribution in [1.82, 2.24) is 10.2 Å². The highest BCUT2D eigenvalue weighted by molar-refractivity contribution is 5.76. The van der Waals surface area contributed by atoms with E-state index < -0.39 is 18.1 Å². The third-order valence-corrected chi connectivity index (χ3v) is 1.51. The molecule has 14 heavy (non-hydrogen) atoms. The molecule has 2 amide bonds. The number of urea groups is 1. The zero-order valence-electron chi connectivity index (χ0n) is 7.80. The van der Waals surface area contributed by atoms with E-state index >= 15 is 0 Å². The van der Waals surface area contributed by atoms with Crippen LogP contribution in [0.25, 0.3) is 0 Å². The number of carbonyl (C=O) groups excluding carboxylic acids is 1. The number of carboxylic acid groups (broad SMARTS) is 1. The lowest BCUT2D eigenvalue weighted by atomic mass is 10.3. The van der Waals surface area contributed by atoms with Crippen LogP contribution in [0.15, 0.2) is 0 Å². The van der Waals surface area contributed by atoms with Gasteiger partial charge in [-0.15, -0.1) is 0 Å². The minimum atomic E-state index is -1.61. The first-order valence-electron chi connectivity index (χ1n) is 3.99. The predicted octanol–water partition coefficient (Wildman–Crippen LogP) is -1.93. The zero-order valence-corrected chi connectivity index (χ0v) is 7.80. The topological polar surface area (TPSA) is 110 Å². The van der Waals surface area contributed by atoms with Gasteiger partial charge in [-0.25, -0.2) is 9.59 Å². The van der Waals surface area contributed by atoms with Crippen molar-refractivity contribution in [3.05, 3.63) is 0 Å². The number of nitrogens with zero attached hydrogens (tertiary/aromatic N) is 1. The van der Waals surface area contributed by atoms with Crippen LogP contribution < -0.4 is 5.32 Å². The van der Waals surface area contributed by atoms with Crippen LogP contribution in [0.1, 0.15) is 0 Å². The van der Waals surface area contributed by atoms with Crippen molar-refractivity contribution in [3.8, 4) is 0 Å². The molecule has 0 saturated heterocycles. The number of aliphatic hydroxyl groups excluding tert-OH is 2. The molecule has 7 nitrogen and oxygen atoms in total. The summed E-state index contributed by atoms with van der Waals surface area (Å²) in [7, 11) is 1.44. The minimum Gasteiger partial charge on any atom is -0.479 e. The van der Waals surface area contributed by atoms with Crippen molar-refractivity contribution in [2.75, 3.05) is 26.7 Å². The highest BCUT2D eigenvalue weighted by Crippen LogP contribution is 1.85. The molecule has 0 saturated carbocycles. The van der Waals surface area contributed by atoms with Crippen molar-refractivity contribution in [3.63, 3.8) is 0 Å². The van der Waals surface area contributed by atoms with Gasteiger partial charge in [0.1, 0.15) is 0 Å². The zero-order chi connectivity index (χ0) is 11.1. The number of nitrogens with one attached hydrogen (secondary N) is 1. The number of aliphatic carboxylic acids is 1. The molecule has 0 heterocycles. The second-order valence-corrected chi connectivity index (χ2v) is 2.69. The van der Waals surface area contributed by atoms with Gasteiger partial charge in [0.05, 0.1) is 13.2 Å². The lowest BCUT2D eigenvalue weighted by Crippen LogP contribution is -2.43. The van der Waals surface area contributed by atoms with Gasteiger partial charge in [0.15, 0.2) is 6.10 Å². The van der Waals surface area contributed by atoms with E-state index in [0.717, 1.165) is 0 Å². The van der Waals surface area contributed by atoms with Gasteiger partial charge in [-0.2, -0.15) is 0 Å². The summed E-state index contributed by atoms with van der Waals surface area (Å²) < 4.78 is 0. The Balaban J connectivity index is 3.78. The average molecular weight is 206 g/mol. The Bertz CT molecular complexity index is 208. The van der Waals surface area contributed by atoms with Crippen molar-refractivity contribution >= 4 is 12.0 Å². The third-order valence-electron chi connectivity index (χ3n) is 1.51. The smallest absolute Gasteiger partial charge is 0.334 e. The summed E-state index contributed by atoms with van der Waals surface area (Å²) in [4.78, 5) is 22.4. The van der Waals surface area contributed by atoms with E-state index in [-0.39, 0.29) is 19.7 Å². The van der Waals surface area contributed by atoms with Crippen LogP contribution in [0.3, 0.4) is 0 Å². The molecule has 82 valence electrons. The highest BCUT2D eigenvalue weighted by Gasteiger charge is 2.15. The first-order chi connectivity index (χ1) is 6.49. The molecule has 0 aliphatic rings. The largest absolute Gasteiger partial charge is 0.479 e. The van der Waals surface area contributed by atoms with Gasteiger partial charge in [0.25, 0.3) is 0 Å². The van der Waals surface area contributed by atoms with Crippen molar-refractivity contribution in [2.45, 2.75) is 6.10 Å². The number of rotatable bonds is 5. The molecule has 4 N–H and O–H groups in total. The summed E-state index contributed by atoms with van der Waals surface area (Å²) in [5, 5.41) is 27.8. The van der Waals surface area contributed by atoms with Gasteiger partial charge in [-0.05, 0) is 0 Å². The van der Waals surface area contributed by atoms with E-state index in [9.17, 15) is 9.59 Å². The van der Waals surface area contributed by atoms with Gasteiger partial charge in [-0.1, -0.05) is 0 Å². The molecule has 0 aromatic carbocycles.